The van der Waals surface area contributed by atoms with E-state index in [1.54, 1.807) is 26.8 Å². The van der Waals surface area contributed by atoms with Crippen LogP contribution in [0.2, 0.25) is 0 Å². The van der Waals surface area contributed by atoms with Crippen LogP contribution in [0.1, 0.15) is 43.5 Å². The number of carbonyl (C=O) groups excluding carboxylic acids is 3. The Bertz CT molecular complexity index is 1310. The molecule has 0 aliphatic heterocycles. The van der Waals surface area contributed by atoms with Gasteiger partial charge >= 0.3 is 6.09 Å². The van der Waals surface area contributed by atoms with Crippen LogP contribution in [0.5, 0.6) is 0 Å². The number of nitrogens with one attached hydrogen (secondary N) is 2. The molecule has 3 aromatic rings. The molecule has 7 nitrogen and oxygen atoms in total. The van der Waals surface area contributed by atoms with Crippen molar-refractivity contribution in [2.45, 2.75) is 46.3 Å². The number of fused-ring (bicyclic) bond motifs is 1. The van der Waals surface area contributed by atoms with E-state index in [0.29, 0.717) is 11.3 Å². The van der Waals surface area contributed by atoms with Crippen molar-refractivity contribution in [2.24, 2.45) is 0 Å². The van der Waals surface area contributed by atoms with Gasteiger partial charge in [0.2, 0.25) is 5.91 Å². The largest absolute Gasteiger partial charge is 0.444 e. The highest BCUT2D eigenvalue weighted by atomic mass is 16.6. The second-order valence-corrected chi connectivity index (χ2v) is 10.0. The summed E-state index contributed by atoms with van der Waals surface area (Å²) >= 11 is 0. The number of aryl methyl sites for hydroxylation is 2. The minimum absolute atomic E-state index is 0.109. The Morgan fingerprint density at radius 2 is 1.70 bits per heavy atom. The molecule has 1 unspecified atom stereocenters. The van der Waals surface area contributed by atoms with Crippen molar-refractivity contribution in [1.29, 1.82) is 0 Å². The molecule has 37 heavy (non-hydrogen) atoms. The van der Waals surface area contributed by atoms with Crippen LogP contribution < -0.4 is 10.6 Å². The van der Waals surface area contributed by atoms with Gasteiger partial charge in [0.25, 0.3) is 5.91 Å². The Morgan fingerprint density at radius 3 is 2.38 bits per heavy atom. The topological polar surface area (TPSA) is 87.7 Å². The van der Waals surface area contributed by atoms with Crippen molar-refractivity contribution >= 4 is 34.4 Å². The van der Waals surface area contributed by atoms with Gasteiger partial charge in [-0.25, -0.2) is 4.79 Å². The maximum atomic E-state index is 13.8. The summed E-state index contributed by atoms with van der Waals surface area (Å²) in [6, 6.07) is 18.4. The maximum Gasteiger partial charge on any atom is 0.408 e. The molecular weight excluding hydrogens is 466 g/mol. The average Bonchev–Trinajstić information content (AvgIpc) is 2.83. The molecule has 3 aromatic carbocycles. The number of alkyl carbamates (subject to hydrolysis) is 1. The van der Waals surface area contributed by atoms with Gasteiger partial charge in [-0.2, -0.15) is 0 Å². The zero-order valence-electron chi connectivity index (χ0n) is 22.1. The molecule has 1 atom stereocenters. The van der Waals surface area contributed by atoms with Gasteiger partial charge < -0.3 is 20.3 Å². The predicted octanol–water partition coefficient (Wildman–Crippen LogP) is 5.68. The molecule has 2 N–H and O–H groups in total. The van der Waals surface area contributed by atoms with Crippen molar-refractivity contribution < 1.29 is 19.1 Å². The number of carbonyl (C=O) groups is 3. The number of benzene rings is 3. The third kappa shape index (κ3) is 7.43. The second-order valence-electron chi connectivity index (χ2n) is 10.0. The Hall–Kier alpha value is -4.13. The number of ether oxygens (including phenoxy) is 1. The third-order valence-electron chi connectivity index (χ3n) is 5.74. The molecule has 0 fully saturated rings. The molecule has 194 valence electrons. The van der Waals surface area contributed by atoms with Gasteiger partial charge in [0.15, 0.2) is 0 Å². The summed E-state index contributed by atoms with van der Waals surface area (Å²) in [4.78, 5) is 40.8. The molecular formula is C30H35N3O4. The number of hydrogen-bond acceptors (Lipinski definition) is 4. The number of nitrogens with zero attached hydrogens (tertiary/aromatic N) is 1. The van der Waals surface area contributed by atoms with Crippen molar-refractivity contribution in [1.82, 2.24) is 10.2 Å². The van der Waals surface area contributed by atoms with E-state index < -0.39 is 23.6 Å². The molecule has 7 heteroatoms. The quantitative estimate of drug-likeness (QED) is 0.389. The van der Waals surface area contributed by atoms with Crippen LogP contribution in [0, 0.1) is 13.8 Å². The standard InChI is InChI=1S/C30H35N3O4/c1-7-16-33(26(34)19-31-29(36)37-30(4,5)6)27(25-17-20(2)12-13-21(25)3)28(35)32-24-15-14-22-10-8-9-11-23(22)18-24/h7-15,17-18,27H,1,16,19H2,2-6H3,(H,31,36)(H,32,35). The number of rotatable bonds is 8. The molecule has 0 saturated heterocycles. The van der Waals surface area contributed by atoms with E-state index in [2.05, 4.69) is 17.2 Å². The van der Waals surface area contributed by atoms with Crippen LogP contribution in [-0.4, -0.2) is 41.5 Å². The van der Waals surface area contributed by atoms with Gasteiger partial charge in [0, 0.05) is 12.2 Å². The summed E-state index contributed by atoms with van der Waals surface area (Å²) in [6.07, 6.45) is 0.857. The number of anilines is 1. The summed E-state index contributed by atoms with van der Waals surface area (Å²) in [5.41, 5.74) is 2.45. The Labute approximate surface area is 218 Å². The van der Waals surface area contributed by atoms with Crippen molar-refractivity contribution in [3.05, 3.63) is 90.0 Å². The Morgan fingerprint density at radius 1 is 1.00 bits per heavy atom. The summed E-state index contributed by atoms with van der Waals surface area (Å²) in [7, 11) is 0. The highest BCUT2D eigenvalue weighted by Crippen LogP contribution is 2.28. The minimum atomic E-state index is -0.947. The molecule has 3 amide bonds. The third-order valence-corrected chi connectivity index (χ3v) is 5.74. The van der Waals surface area contributed by atoms with Crippen LogP contribution in [0.15, 0.2) is 73.3 Å². The summed E-state index contributed by atoms with van der Waals surface area (Å²) in [6.45, 7) is 12.6. The van der Waals surface area contributed by atoms with Crippen LogP contribution in [0.4, 0.5) is 10.5 Å². The van der Waals surface area contributed by atoms with E-state index in [1.807, 2.05) is 74.5 Å². The average molecular weight is 502 g/mol. The zero-order valence-corrected chi connectivity index (χ0v) is 22.1. The van der Waals surface area contributed by atoms with Crippen LogP contribution in [-0.2, 0) is 14.3 Å². The fourth-order valence-corrected chi connectivity index (χ4v) is 4.04. The predicted molar refractivity (Wildman–Crippen MR) is 147 cm³/mol. The van der Waals surface area contributed by atoms with E-state index >= 15 is 0 Å². The van der Waals surface area contributed by atoms with Crippen molar-refractivity contribution in [3.63, 3.8) is 0 Å². The van der Waals surface area contributed by atoms with Crippen LogP contribution in [0.3, 0.4) is 0 Å². The molecule has 0 heterocycles. The highest BCUT2D eigenvalue weighted by Gasteiger charge is 2.32. The monoisotopic (exact) mass is 501 g/mol. The van der Waals surface area contributed by atoms with Crippen molar-refractivity contribution in [2.75, 3.05) is 18.4 Å². The zero-order chi connectivity index (χ0) is 27.2. The fourth-order valence-electron chi connectivity index (χ4n) is 4.04. The van der Waals surface area contributed by atoms with Crippen LogP contribution >= 0.6 is 0 Å². The van der Waals surface area contributed by atoms with E-state index in [-0.39, 0.29) is 19.0 Å². The SMILES string of the molecule is C=CCN(C(=O)CNC(=O)OC(C)(C)C)C(C(=O)Nc1ccc2ccccc2c1)c1cc(C)ccc1C. The Kier molecular flexibility index (Phi) is 8.71. The summed E-state index contributed by atoms with van der Waals surface area (Å²) in [5, 5.41) is 7.54. The second kappa shape index (κ2) is 11.7. The minimum Gasteiger partial charge on any atom is -0.444 e. The first-order chi connectivity index (χ1) is 17.5. The normalized spacial score (nSPS) is 11.9. The van der Waals surface area contributed by atoms with Crippen LogP contribution in [0.25, 0.3) is 10.8 Å². The molecule has 0 bridgehead atoms. The van der Waals surface area contributed by atoms with E-state index in [9.17, 15) is 14.4 Å². The lowest BCUT2D eigenvalue weighted by Gasteiger charge is -2.32. The van der Waals surface area contributed by atoms with Gasteiger partial charge in [0.1, 0.15) is 18.2 Å². The lowest BCUT2D eigenvalue weighted by atomic mass is 9.96. The first kappa shape index (κ1) is 27.5. The number of amides is 3. The first-order valence-electron chi connectivity index (χ1n) is 12.2. The summed E-state index contributed by atoms with van der Waals surface area (Å²) in [5.74, 6) is -0.804. The molecule has 0 aromatic heterocycles. The fraction of sp³-hybridized carbons (Fsp3) is 0.300. The number of hydrogen-bond donors (Lipinski definition) is 2. The molecule has 0 aliphatic rings. The van der Waals surface area contributed by atoms with E-state index in [1.165, 1.54) is 4.90 Å². The van der Waals surface area contributed by atoms with Crippen molar-refractivity contribution in [3.8, 4) is 0 Å². The molecule has 0 radical (unpaired) electrons. The lowest BCUT2D eigenvalue weighted by Crippen LogP contribution is -2.46. The summed E-state index contributed by atoms with van der Waals surface area (Å²) < 4.78 is 5.25. The van der Waals surface area contributed by atoms with Gasteiger partial charge in [-0.3, -0.25) is 9.59 Å². The lowest BCUT2D eigenvalue weighted by molar-refractivity contribution is -0.137. The smallest absolute Gasteiger partial charge is 0.408 e. The van der Waals surface area contributed by atoms with E-state index in [4.69, 9.17) is 4.74 Å². The van der Waals surface area contributed by atoms with Gasteiger partial charge in [-0.15, -0.1) is 6.58 Å². The Balaban J connectivity index is 1.94. The van der Waals surface area contributed by atoms with Gasteiger partial charge in [0.05, 0.1) is 0 Å². The molecule has 0 spiro atoms. The van der Waals surface area contributed by atoms with Gasteiger partial charge in [-0.1, -0.05) is 60.2 Å². The molecule has 3 rings (SSSR count). The molecule has 0 aliphatic carbocycles. The van der Waals surface area contributed by atoms with Gasteiger partial charge in [-0.05, 0) is 68.7 Å². The molecule has 0 saturated carbocycles. The first-order valence-corrected chi connectivity index (χ1v) is 12.2. The van der Waals surface area contributed by atoms with E-state index in [0.717, 1.165) is 21.9 Å². The maximum absolute atomic E-state index is 13.8. The highest BCUT2D eigenvalue weighted by molar-refractivity contribution is 6.00.